The van der Waals surface area contributed by atoms with E-state index in [1.807, 2.05) is 25.7 Å². The molecule has 0 aromatic carbocycles. The van der Waals surface area contributed by atoms with Gasteiger partial charge in [-0.15, -0.1) is 0 Å². The lowest BCUT2D eigenvalue weighted by molar-refractivity contribution is 0.0147. The second-order valence-electron chi connectivity index (χ2n) is 7.42. The Balaban J connectivity index is 2.51. The molecule has 1 rings (SSSR count). The Hall–Kier alpha value is -0.620. The molecule has 0 aliphatic carbocycles. The molecular weight excluding hydrogens is 300 g/mol. The third-order valence-electron chi connectivity index (χ3n) is 3.85. The molecule has 1 amide bonds. The van der Waals surface area contributed by atoms with Gasteiger partial charge in [0.05, 0.1) is 0 Å². The zero-order valence-electron chi connectivity index (χ0n) is 14.8. The Labute approximate surface area is 137 Å². The van der Waals surface area contributed by atoms with Crippen molar-refractivity contribution in [1.82, 2.24) is 10.2 Å². The zero-order chi connectivity index (χ0) is 16.9. The van der Waals surface area contributed by atoms with Crippen LogP contribution in [0.5, 0.6) is 0 Å². The molecule has 0 aromatic heterocycles. The van der Waals surface area contributed by atoms with Gasteiger partial charge >= 0.3 is 6.09 Å². The van der Waals surface area contributed by atoms with Crippen LogP contribution >= 0.6 is 0 Å². The third kappa shape index (κ3) is 7.09. The van der Waals surface area contributed by atoms with Gasteiger partial charge in [-0.2, -0.15) is 0 Å². The molecule has 22 heavy (non-hydrogen) atoms. The van der Waals surface area contributed by atoms with Crippen LogP contribution < -0.4 is 5.32 Å². The number of amides is 1. The monoisotopic (exact) mass is 332 g/mol. The number of hydrogen-bond acceptors (Lipinski definition) is 4. The van der Waals surface area contributed by atoms with Gasteiger partial charge < -0.3 is 15.0 Å². The molecular formula is C16H32N2O3S. The topological polar surface area (TPSA) is 58.6 Å². The van der Waals surface area contributed by atoms with Gasteiger partial charge in [0.25, 0.3) is 0 Å². The first kappa shape index (κ1) is 19.4. The largest absolute Gasteiger partial charge is 0.444 e. The summed E-state index contributed by atoms with van der Waals surface area (Å²) in [6.45, 7) is 11.4. The molecule has 1 saturated heterocycles. The van der Waals surface area contributed by atoms with Gasteiger partial charge in [0, 0.05) is 48.0 Å². The lowest BCUT2D eigenvalue weighted by atomic mass is 9.91. The average Bonchev–Trinajstić information content (AvgIpc) is 2.35. The van der Waals surface area contributed by atoms with Crippen LogP contribution in [0.25, 0.3) is 0 Å². The Morgan fingerprint density at radius 1 is 1.41 bits per heavy atom. The van der Waals surface area contributed by atoms with Crippen molar-refractivity contribution in [2.45, 2.75) is 65.1 Å². The molecule has 1 aliphatic rings. The van der Waals surface area contributed by atoms with Gasteiger partial charge in [-0.25, -0.2) is 4.79 Å². The van der Waals surface area contributed by atoms with Gasteiger partial charge in [0.1, 0.15) is 5.60 Å². The van der Waals surface area contributed by atoms with Crippen LogP contribution in [0.2, 0.25) is 0 Å². The molecule has 1 fully saturated rings. The molecule has 1 N–H and O–H groups in total. The number of nitrogens with one attached hydrogen (secondary N) is 1. The first-order valence-electron chi connectivity index (χ1n) is 8.12. The summed E-state index contributed by atoms with van der Waals surface area (Å²) in [5.41, 5.74) is -0.451. The van der Waals surface area contributed by atoms with Crippen LogP contribution in [-0.2, 0) is 15.5 Å². The fraction of sp³-hybridized carbons (Fsp3) is 0.938. The highest BCUT2D eigenvalue weighted by Gasteiger charge is 2.30. The SMILES string of the molecule is CC(CS(C)=O)NC(C)C1CCCN(C(=O)OC(C)(C)C)C1. The summed E-state index contributed by atoms with van der Waals surface area (Å²) in [6, 6.07) is 0.515. The number of rotatable bonds is 5. The fourth-order valence-electron chi connectivity index (χ4n) is 2.90. The minimum atomic E-state index is -0.790. The van der Waals surface area contributed by atoms with Crippen LogP contribution in [0.3, 0.4) is 0 Å². The van der Waals surface area contributed by atoms with Crippen LogP contribution in [-0.4, -0.2) is 58.0 Å². The Morgan fingerprint density at radius 2 is 2.05 bits per heavy atom. The smallest absolute Gasteiger partial charge is 0.410 e. The zero-order valence-corrected chi connectivity index (χ0v) is 15.7. The van der Waals surface area contributed by atoms with Crippen LogP contribution in [0.4, 0.5) is 4.79 Å². The van der Waals surface area contributed by atoms with Crippen molar-refractivity contribution >= 4 is 16.9 Å². The molecule has 0 radical (unpaired) electrons. The second-order valence-corrected chi connectivity index (χ2v) is 8.90. The highest BCUT2D eigenvalue weighted by molar-refractivity contribution is 7.84. The first-order valence-corrected chi connectivity index (χ1v) is 9.85. The summed E-state index contributed by atoms with van der Waals surface area (Å²) in [6.07, 6.45) is 3.62. The molecule has 0 saturated carbocycles. The Morgan fingerprint density at radius 3 is 2.59 bits per heavy atom. The van der Waals surface area contributed by atoms with Crippen molar-refractivity contribution in [2.24, 2.45) is 5.92 Å². The van der Waals surface area contributed by atoms with E-state index in [1.165, 1.54) is 0 Å². The molecule has 1 aliphatic heterocycles. The van der Waals surface area contributed by atoms with Gasteiger partial charge in [-0.05, 0) is 53.4 Å². The quantitative estimate of drug-likeness (QED) is 0.840. The van der Waals surface area contributed by atoms with Gasteiger partial charge in [0.2, 0.25) is 0 Å². The van der Waals surface area contributed by atoms with Gasteiger partial charge in [-0.1, -0.05) is 0 Å². The normalized spacial score (nSPS) is 23.7. The maximum absolute atomic E-state index is 12.2. The van der Waals surface area contributed by atoms with E-state index in [9.17, 15) is 9.00 Å². The number of piperidine rings is 1. The molecule has 0 spiro atoms. The first-order chi connectivity index (χ1) is 10.1. The van der Waals surface area contributed by atoms with E-state index in [1.54, 1.807) is 6.26 Å². The van der Waals surface area contributed by atoms with E-state index < -0.39 is 16.4 Å². The molecule has 0 aromatic rings. The highest BCUT2D eigenvalue weighted by atomic mass is 32.2. The van der Waals surface area contributed by atoms with Gasteiger partial charge in [0.15, 0.2) is 0 Å². The molecule has 4 unspecified atom stereocenters. The van der Waals surface area contributed by atoms with Crippen LogP contribution in [0, 0.1) is 5.92 Å². The van der Waals surface area contributed by atoms with Gasteiger partial charge in [-0.3, -0.25) is 4.21 Å². The molecule has 0 bridgehead atoms. The Kier molecular flexibility index (Phi) is 7.32. The van der Waals surface area contributed by atoms with Crippen molar-refractivity contribution in [3.63, 3.8) is 0 Å². The number of likely N-dealkylation sites (tertiary alicyclic amines) is 1. The van der Waals surface area contributed by atoms with Crippen molar-refractivity contribution in [3.8, 4) is 0 Å². The maximum atomic E-state index is 12.2. The van der Waals surface area contributed by atoms with E-state index in [4.69, 9.17) is 4.74 Å². The molecule has 4 atom stereocenters. The summed E-state index contributed by atoms with van der Waals surface area (Å²) in [5, 5.41) is 3.52. The van der Waals surface area contributed by atoms with Crippen LogP contribution in [0.1, 0.15) is 47.5 Å². The van der Waals surface area contributed by atoms with E-state index in [-0.39, 0.29) is 12.1 Å². The fourth-order valence-corrected chi connectivity index (χ4v) is 3.70. The van der Waals surface area contributed by atoms with Crippen LogP contribution in [0.15, 0.2) is 0 Å². The van der Waals surface area contributed by atoms with Crippen molar-refractivity contribution in [3.05, 3.63) is 0 Å². The Bertz CT molecular complexity index is 395. The summed E-state index contributed by atoms with van der Waals surface area (Å²) >= 11 is 0. The predicted molar refractivity (Wildman–Crippen MR) is 91.5 cm³/mol. The third-order valence-corrected chi connectivity index (χ3v) is 4.82. The maximum Gasteiger partial charge on any atom is 0.410 e. The molecule has 5 nitrogen and oxygen atoms in total. The van der Waals surface area contributed by atoms with Crippen molar-refractivity contribution < 1.29 is 13.7 Å². The number of ether oxygens (including phenoxy) is 1. The average molecular weight is 333 g/mol. The van der Waals surface area contributed by atoms with E-state index in [0.717, 1.165) is 25.9 Å². The number of hydrogen-bond donors (Lipinski definition) is 1. The molecule has 130 valence electrons. The summed E-state index contributed by atoms with van der Waals surface area (Å²) in [5.74, 6) is 1.07. The minimum absolute atomic E-state index is 0.216. The van der Waals surface area contributed by atoms with Crippen molar-refractivity contribution in [2.75, 3.05) is 25.1 Å². The predicted octanol–water partition coefficient (Wildman–Crippen LogP) is 2.38. The lowest BCUT2D eigenvalue weighted by Gasteiger charge is -2.37. The summed E-state index contributed by atoms with van der Waals surface area (Å²) < 4.78 is 16.8. The lowest BCUT2D eigenvalue weighted by Crippen LogP contribution is -2.50. The standard InChI is InChI=1S/C16H32N2O3S/c1-12(11-22(6)20)17-13(2)14-8-7-9-18(10-14)15(19)21-16(3,4)5/h12-14,17H,7-11H2,1-6H3. The molecule has 6 heteroatoms. The van der Waals surface area contributed by atoms with E-state index >= 15 is 0 Å². The number of nitrogens with zero attached hydrogens (tertiary/aromatic N) is 1. The van der Waals surface area contributed by atoms with E-state index in [0.29, 0.717) is 17.7 Å². The number of carbonyl (C=O) groups is 1. The summed E-state index contributed by atoms with van der Waals surface area (Å²) in [4.78, 5) is 14.0. The second kappa shape index (κ2) is 8.29. The van der Waals surface area contributed by atoms with E-state index in [2.05, 4.69) is 19.2 Å². The van der Waals surface area contributed by atoms with Crippen molar-refractivity contribution in [1.29, 1.82) is 0 Å². The minimum Gasteiger partial charge on any atom is -0.444 e. The highest BCUT2D eigenvalue weighted by Crippen LogP contribution is 2.22. The molecule has 1 heterocycles. The summed E-state index contributed by atoms with van der Waals surface area (Å²) in [7, 11) is -0.790. The number of carbonyl (C=O) groups excluding carboxylic acids is 1.